The minimum atomic E-state index is -0.176. The van der Waals surface area contributed by atoms with E-state index < -0.39 is 0 Å². The third-order valence-electron chi connectivity index (χ3n) is 3.52. The van der Waals surface area contributed by atoms with Crippen molar-refractivity contribution in [2.75, 3.05) is 20.3 Å². The summed E-state index contributed by atoms with van der Waals surface area (Å²) in [5.41, 5.74) is 1.17. The van der Waals surface area contributed by atoms with E-state index in [0.717, 1.165) is 26.1 Å². The van der Waals surface area contributed by atoms with Gasteiger partial charge < -0.3 is 15.4 Å². The molecule has 0 aromatic heterocycles. The molecule has 1 heterocycles. The lowest BCUT2D eigenvalue weighted by atomic mass is 10.0. The summed E-state index contributed by atoms with van der Waals surface area (Å²) in [4.78, 5) is 12.2. The topological polar surface area (TPSA) is 50.4 Å². The van der Waals surface area contributed by atoms with E-state index in [0.29, 0.717) is 6.42 Å². The standard InChI is InChI=1S/C15H22N2O2/c1-16-14(11-12-5-3-2-4-6-12)15(18)17-13-7-9-19-10-8-13/h2-6,13-14,16H,7-11H2,1H3,(H,17,18). The molecule has 0 saturated carbocycles. The summed E-state index contributed by atoms with van der Waals surface area (Å²) in [7, 11) is 1.83. The van der Waals surface area contributed by atoms with Crippen LogP contribution in [0.3, 0.4) is 0 Å². The van der Waals surface area contributed by atoms with Gasteiger partial charge in [-0.05, 0) is 31.9 Å². The summed E-state index contributed by atoms with van der Waals surface area (Å²) in [6.07, 6.45) is 2.54. The smallest absolute Gasteiger partial charge is 0.237 e. The van der Waals surface area contributed by atoms with Gasteiger partial charge in [0, 0.05) is 19.3 Å². The SMILES string of the molecule is CNC(Cc1ccccc1)C(=O)NC1CCOCC1. The molecule has 1 aromatic carbocycles. The van der Waals surface area contributed by atoms with E-state index in [-0.39, 0.29) is 18.0 Å². The molecule has 1 fully saturated rings. The number of likely N-dealkylation sites (N-methyl/N-ethyl adjacent to an activating group) is 1. The molecule has 1 saturated heterocycles. The Hall–Kier alpha value is -1.39. The number of hydrogen-bond donors (Lipinski definition) is 2. The number of nitrogens with one attached hydrogen (secondary N) is 2. The van der Waals surface area contributed by atoms with Gasteiger partial charge in [-0.1, -0.05) is 30.3 Å². The summed E-state index contributed by atoms with van der Waals surface area (Å²) in [5.74, 6) is 0.0817. The van der Waals surface area contributed by atoms with E-state index in [1.165, 1.54) is 5.56 Å². The largest absolute Gasteiger partial charge is 0.381 e. The van der Waals surface area contributed by atoms with Crippen LogP contribution in [0.5, 0.6) is 0 Å². The highest BCUT2D eigenvalue weighted by molar-refractivity contribution is 5.82. The Bertz CT molecular complexity index is 388. The van der Waals surface area contributed by atoms with Crippen LogP contribution in [-0.4, -0.2) is 38.3 Å². The van der Waals surface area contributed by atoms with Gasteiger partial charge in [-0.25, -0.2) is 0 Å². The average molecular weight is 262 g/mol. The third-order valence-corrected chi connectivity index (χ3v) is 3.52. The van der Waals surface area contributed by atoms with E-state index in [9.17, 15) is 4.79 Å². The van der Waals surface area contributed by atoms with Crippen LogP contribution in [0.1, 0.15) is 18.4 Å². The molecule has 0 bridgehead atoms. The lowest BCUT2D eigenvalue weighted by molar-refractivity contribution is -0.124. The van der Waals surface area contributed by atoms with Crippen LogP contribution in [0.25, 0.3) is 0 Å². The summed E-state index contributed by atoms with van der Waals surface area (Å²) >= 11 is 0. The van der Waals surface area contributed by atoms with Crippen LogP contribution >= 0.6 is 0 Å². The molecule has 1 aliphatic heterocycles. The first-order valence-electron chi connectivity index (χ1n) is 6.89. The van der Waals surface area contributed by atoms with Crippen molar-refractivity contribution in [3.05, 3.63) is 35.9 Å². The highest BCUT2D eigenvalue weighted by Gasteiger charge is 2.21. The van der Waals surface area contributed by atoms with Crippen LogP contribution in [0.15, 0.2) is 30.3 Å². The zero-order valence-corrected chi connectivity index (χ0v) is 11.4. The highest BCUT2D eigenvalue weighted by atomic mass is 16.5. The Kier molecular flexibility index (Phi) is 5.36. The third kappa shape index (κ3) is 4.33. The zero-order chi connectivity index (χ0) is 13.5. The zero-order valence-electron chi connectivity index (χ0n) is 11.4. The molecule has 1 unspecified atom stereocenters. The summed E-state index contributed by atoms with van der Waals surface area (Å²) in [5, 5.41) is 6.21. The second-order valence-corrected chi connectivity index (χ2v) is 4.93. The van der Waals surface area contributed by atoms with Crippen LogP contribution in [0, 0.1) is 0 Å². The Morgan fingerprint density at radius 1 is 1.32 bits per heavy atom. The molecule has 4 nitrogen and oxygen atoms in total. The van der Waals surface area contributed by atoms with Gasteiger partial charge in [0.2, 0.25) is 5.91 Å². The lowest BCUT2D eigenvalue weighted by Crippen LogP contribution is -2.49. The predicted molar refractivity (Wildman–Crippen MR) is 75.0 cm³/mol. The number of rotatable bonds is 5. The normalized spacial score (nSPS) is 17.9. The first kappa shape index (κ1) is 14.0. The molecule has 0 aliphatic carbocycles. The molecular weight excluding hydrogens is 240 g/mol. The van der Waals surface area contributed by atoms with E-state index in [4.69, 9.17) is 4.74 Å². The number of ether oxygens (including phenoxy) is 1. The molecular formula is C15H22N2O2. The molecule has 104 valence electrons. The van der Waals surface area contributed by atoms with Gasteiger partial charge in [0.15, 0.2) is 0 Å². The van der Waals surface area contributed by atoms with Gasteiger partial charge in [0.1, 0.15) is 0 Å². The van der Waals surface area contributed by atoms with Crippen molar-refractivity contribution in [2.45, 2.75) is 31.3 Å². The van der Waals surface area contributed by atoms with Gasteiger partial charge in [-0.15, -0.1) is 0 Å². The minimum absolute atomic E-state index is 0.0817. The highest BCUT2D eigenvalue weighted by Crippen LogP contribution is 2.08. The summed E-state index contributed by atoms with van der Waals surface area (Å²) in [6, 6.07) is 10.2. The maximum Gasteiger partial charge on any atom is 0.237 e. The maximum absolute atomic E-state index is 12.2. The number of benzene rings is 1. The molecule has 2 N–H and O–H groups in total. The first-order chi connectivity index (χ1) is 9.29. The van der Waals surface area contributed by atoms with Crippen molar-refractivity contribution in [2.24, 2.45) is 0 Å². The van der Waals surface area contributed by atoms with Crippen LogP contribution in [0.2, 0.25) is 0 Å². The fourth-order valence-corrected chi connectivity index (χ4v) is 2.32. The monoisotopic (exact) mass is 262 g/mol. The predicted octanol–water partition coefficient (Wildman–Crippen LogP) is 1.11. The molecule has 4 heteroatoms. The molecule has 0 spiro atoms. The molecule has 1 aliphatic rings. The van der Waals surface area contributed by atoms with Gasteiger partial charge >= 0.3 is 0 Å². The lowest BCUT2D eigenvalue weighted by Gasteiger charge is -2.25. The van der Waals surface area contributed by atoms with Crippen LogP contribution < -0.4 is 10.6 Å². The van der Waals surface area contributed by atoms with Gasteiger partial charge in [-0.3, -0.25) is 4.79 Å². The van der Waals surface area contributed by atoms with E-state index >= 15 is 0 Å². The fourth-order valence-electron chi connectivity index (χ4n) is 2.32. The van der Waals surface area contributed by atoms with Crippen molar-refractivity contribution in [1.82, 2.24) is 10.6 Å². The number of carbonyl (C=O) groups excluding carboxylic acids is 1. The first-order valence-corrected chi connectivity index (χ1v) is 6.89. The van der Waals surface area contributed by atoms with Gasteiger partial charge in [0.25, 0.3) is 0 Å². The quantitative estimate of drug-likeness (QED) is 0.836. The average Bonchev–Trinajstić information content (AvgIpc) is 2.47. The Labute approximate surface area is 114 Å². The van der Waals surface area contributed by atoms with Gasteiger partial charge in [0.05, 0.1) is 6.04 Å². The maximum atomic E-state index is 12.2. The number of hydrogen-bond acceptors (Lipinski definition) is 3. The molecule has 19 heavy (non-hydrogen) atoms. The molecule has 1 atom stereocenters. The Balaban J connectivity index is 1.87. The Morgan fingerprint density at radius 3 is 2.63 bits per heavy atom. The summed E-state index contributed by atoms with van der Waals surface area (Å²) < 4.78 is 5.30. The molecule has 1 aromatic rings. The van der Waals surface area contributed by atoms with E-state index in [2.05, 4.69) is 10.6 Å². The van der Waals surface area contributed by atoms with Crippen molar-refractivity contribution < 1.29 is 9.53 Å². The molecule has 2 rings (SSSR count). The van der Waals surface area contributed by atoms with Crippen LogP contribution in [0.4, 0.5) is 0 Å². The Morgan fingerprint density at radius 2 is 2.00 bits per heavy atom. The number of carbonyl (C=O) groups is 1. The van der Waals surface area contributed by atoms with Crippen molar-refractivity contribution in [3.63, 3.8) is 0 Å². The second-order valence-electron chi connectivity index (χ2n) is 4.93. The number of amides is 1. The van der Waals surface area contributed by atoms with Crippen molar-refractivity contribution in [3.8, 4) is 0 Å². The molecule has 0 radical (unpaired) electrons. The summed E-state index contributed by atoms with van der Waals surface area (Å²) in [6.45, 7) is 1.49. The van der Waals surface area contributed by atoms with Crippen LogP contribution in [-0.2, 0) is 16.0 Å². The minimum Gasteiger partial charge on any atom is -0.381 e. The van der Waals surface area contributed by atoms with Gasteiger partial charge in [-0.2, -0.15) is 0 Å². The second kappa shape index (κ2) is 7.26. The van der Waals surface area contributed by atoms with Crippen molar-refractivity contribution >= 4 is 5.91 Å². The fraction of sp³-hybridized carbons (Fsp3) is 0.533. The van der Waals surface area contributed by atoms with Crippen molar-refractivity contribution in [1.29, 1.82) is 0 Å². The molecule has 1 amide bonds. The van der Waals surface area contributed by atoms with E-state index in [1.807, 2.05) is 37.4 Å². The van der Waals surface area contributed by atoms with E-state index in [1.54, 1.807) is 0 Å².